The Bertz CT molecular complexity index is 55.2. The Labute approximate surface area is 54.7 Å². The molecule has 0 spiro atoms. The van der Waals surface area contributed by atoms with Gasteiger partial charge in [0.1, 0.15) is 0 Å². The van der Waals surface area contributed by atoms with E-state index >= 15 is 0 Å². The van der Waals surface area contributed by atoms with E-state index in [0.717, 1.165) is 6.42 Å². The average molecular weight is 159 g/mol. The van der Waals surface area contributed by atoms with Crippen molar-refractivity contribution in [2.24, 2.45) is 0 Å². The topological polar surface area (TPSA) is 20.2 Å². The zero-order valence-electron chi connectivity index (χ0n) is 5.29. The predicted molar refractivity (Wildman–Crippen MR) is 42.8 cm³/mol. The van der Waals surface area contributed by atoms with E-state index < -0.39 is 6.99 Å². The fourth-order valence-corrected chi connectivity index (χ4v) is 0. The van der Waals surface area contributed by atoms with Crippen LogP contribution in [0.1, 0.15) is 13.3 Å². The van der Waals surface area contributed by atoms with Crippen LogP contribution in [0.25, 0.3) is 0 Å². The first kappa shape index (κ1) is 7.91. The molecule has 1 nitrogen and oxygen atoms in total. The van der Waals surface area contributed by atoms with Crippen LogP contribution in [0.4, 0.5) is 0 Å². The van der Waals surface area contributed by atoms with Gasteiger partial charge in [-0.2, -0.15) is 0 Å². The minimum atomic E-state index is -0.870. The molecule has 2 atom stereocenters. The zero-order valence-corrected chi connectivity index (χ0v) is 7.16. The van der Waals surface area contributed by atoms with Crippen molar-refractivity contribution in [2.45, 2.75) is 13.3 Å². The molecule has 0 bridgehead atoms. The van der Waals surface area contributed by atoms with Crippen LogP contribution in [0.3, 0.4) is 0 Å². The third-order valence-electron chi connectivity index (χ3n) is 0.224. The average Bonchev–Trinajstić information content (AvgIpc) is 1.65. The van der Waals surface area contributed by atoms with Gasteiger partial charge in [0.25, 0.3) is 0 Å². The molecule has 0 saturated carbocycles. The molecule has 4 heteroatoms. The van der Waals surface area contributed by atoms with Gasteiger partial charge in [-0.3, -0.25) is 0 Å². The third-order valence-corrected chi connectivity index (χ3v) is 0.224. The van der Waals surface area contributed by atoms with Gasteiger partial charge < -0.3 is 5.11 Å². The van der Waals surface area contributed by atoms with E-state index in [9.17, 15) is 0 Å². The van der Waals surface area contributed by atoms with Crippen LogP contribution in [0.5, 0.6) is 0 Å². The number of hydrogen-bond acceptors (Lipinski definition) is 2. The molecule has 0 heterocycles. The van der Waals surface area contributed by atoms with Gasteiger partial charge in [-0.05, 0) is 6.42 Å². The maximum atomic E-state index is 7.88. The van der Waals surface area contributed by atoms with Crippen molar-refractivity contribution in [1.29, 1.82) is 1.28 Å². The quantitative estimate of drug-likeness (QED) is 0.582. The van der Waals surface area contributed by atoms with E-state index in [-0.39, 0.29) is 0 Å². The highest BCUT2D eigenvalue weighted by Gasteiger charge is 1.57. The Morgan fingerprint density at radius 2 is 2.29 bits per heavy atom. The molecule has 0 aromatic heterocycles. The maximum Gasteiger partial charge on any atom is 0.355 e. The summed E-state index contributed by atoms with van der Waals surface area (Å²) < 4.78 is 6.43. The maximum absolute atomic E-state index is 7.88. The van der Waals surface area contributed by atoms with Crippen molar-refractivity contribution in [1.82, 2.24) is 0 Å². The minimum absolute atomic E-state index is 0.319. The van der Waals surface area contributed by atoms with E-state index in [0.29, 0.717) is 6.61 Å². The van der Waals surface area contributed by atoms with Gasteiger partial charge in [0.15, 0.2) is 18.8 Å². The molecular weight excluding hydrogens is 146 g/mol. The molecule has 0 amide bonds. The zero-order chi connectivity index (χ0) is 6.99. The number of rotatable bonds is 1. The Morgan fingerprint density at radius 1 is 2.14 bits per heavy atom. The van der Waals surface area contributed by atoms with E-state index in [2.05, 4.69) is 20.7 Å². The van der Waals surface area contributed by atoms with Gasteiger partial charge in [-0.15, -0.1) is 0 Å². The van der Waals surface area contributed by atoms with E-state index in [4.69, 9.17) is 6.39 Å². The normalized spacial score (nSPS) is 10.7. The number of hydrogen-bond donors (Lipinski definition) is 1. The molecule has 1 N–H and O–H groups in total. The second-order valence-corrected chi connectivity index (χ2v) is 3.57. The molecule has 7 heavy (non-hydrogen) atoms. The summed E-state index contributed by atoms with van der Waals surface area (Å²) in [5.41, 5.74) is 0. The summed E-state index contributed by atoms with van der Waals surface area (Å²) in [6.45, 7) is 1.38. The number of aliphatic hydroxyl groups is 1. The Hall–Kier alpha value is 0.910. The van der Waals surface area contributed by atoms with E-state index in [1.807, 2.05) is 6.92 Å². The fraction of sp³-hybridized carbons (Fsp3) is 1.00. The standard InChI is InChI=1S/C3H8O.H2P2S/c1-2-3-4;1-2-3/h4H,2-3H2,1H3;1H2/p+1/i/hT. The molecule has 0 aliphatic heterocycles. The van der Waals surface area contributed by atoms with Gasteiger partial charge in [-0.1, -0.05) is 6.92 Å². The molecule has 0 saturated heterocycles. The van der Waals surface area contributed by atoms with Crippen LogP contribution in [-0.4, -0.2) is 13.0 Å². The van der Waals surface area contributed by atoms with Crippen molar-refractivity contribution in [3.05, 3.63) is 0 Å². The van der Waals surface area contributed by atoms with Crippen LogP contribution in [0.15, 0.2) is 0 Å². The fourth-order valence-electron chi connectivity index (χ4n) is 0. The van der Waals surface area contributed by atoms with Crippen molar-refractivity contribution < 1.29 is 5.11 Å². The van der Waals surface area contributed by atoms with Gasteiger partial charge in [0.05, 0.1) is 8.93 Å². The molecule has 2 unspecified atom stereocenters. The molecule has 0 fully saturated rings. The Balaban J connectivity index is 0. The smallest absolute Gasteiger partial charge is 0.355 e. The SMILES string of the molecule is CCCO.[3H][P+](P)=S. The van der Waals surface area contributed by atoms with Crippen LogP contribution in [-0.2, 0) is 11.8 Å². The first-order valence-corrected chi connectivity index (χ1v) is 5.49. The molecule has 0 aromatic carbocycles. The highest BCUT2D eigenvalue weighted by molar-refractivity contribution is 8.24. The second-order valence-electron chi connectivity index (χ2n) is 0.829. The van der Waals surface area contributed by atoms with Crippen molar-refractivity contribution in [2.75, 3.05) is 6.61 Å². The van der Waals surface area contributed by atoms with Crippen molar-refractivity contribution in [3.63, 3.8) is 0 Å². The summed E-state index contributed by atoms with van der Waals surface area (Å²) in [7, 11) is 2.20. The van der Waals surface area contributed by atoms with E-state index in [1.165, 1.54) is 0 Å². The Kier molecular flexibility index (Phi) is 17.8. The third kappa shape index (κ3) is 45.7. The van der Waals surface area contributed by atoms with Gasteiger partial charge in [-0.25, -0.2) is 0 Å². The lowest BCUT2D eigenvalue weighted by Gasteiger charge is -1.69. The number of aliphatic hydroxyl groups excluding tert-OH is 1. The highest BCUT2D eigenvalue weighted by atomic mass is 32.6. The van der Waals surface area contributed by atoms with Gasteiger partial charge in [0, 0.05) is 6.61 Å². The summed E-state index contributed by atoms with van der Waals surface area (Å²) in [6.07, 6.45) is 0.875. The highest BCUT2D eigenvalue weighted by Crippen LogP contribution is 1.99. The Morgan fingerprint density at radius 3 is 2.29 bits per heavy atom. The summed E-state index contributed by atoms with van der Waals surface area (Å²) in [5, 5.41) is 7.88. The predicted octanol–water partition coefficient (Wildman–Crippen LogP) is 1.31. The second kappa shape index (κ2) is 15.8. The molecule has 0 aliphatic carbocycles. The molecule has 0 aromatic rings. The molecule has 0 rings (SSSR count). The minimum Gasteiger partial charge on any atom is -0.396 e. The van der Waals surface area contributed by atoms with Crippen molar-refractivity contribution >= 4 is 27.7 Å². The molecule has 0 aliphatic rings. The first-order chi connectivity index (χ1) is 3.65. The summed E-state index contributed by atoms with van der Waals surface area (Å²) in [4.78, 5) is 0. The molecule has 44 valence electrons. The van der Waals surface area contributed by atoms with Crippen molar-refractivity contribution in [3.8, 4) is 0 Å². The summed E-state index contributed by atoms with van der Waals surface area (Å²) >= 11 is 4.31. The first-order valence-electron chi connectivity index (χ1n) is 2.41. The van der Waals surface area contributed by atoms with Crippen LogP contribution >= 0.6 is 15.9 Å². The lowest BCUT2D eigenvalue weighted by molar-refractivity contribution is 0.295. The summed E-state index contributed by atoms with van der Waals surface area (Å²) in [5.74, 6) is 0. The lowest BCUT2D eigenvalue weighted by atomic mass is 10.5. The van der Waals surface area contributed by atoms with E-state index in [1.54, 1.807) is 0 Å². The van der Waals surface area contributed by atoms with Gasteiger partial charge in [0.2, 0.25) is 0 Å². The monoisotopic (exact) mass is 159 g/mol. The molecular formula is C3H11OP2S+. The largest absolute Gasteiger partial charge is 0.396 e. The van der Waals surface area contributed by atoms with Crippen LogP contribution in [0, 0.1) is 0 Å². The van der Waals surface area contributed by atoms with Crippen LogP contribution < -0.4 is 0 Å². The van der Waals surface area contributed by atoms with Gasteiger partial charge >= 0.3 is 1.28 Å². The summed E-state index contributed by atoms with van der Waals surface area (Å²) in [6, 6.07) is 0. The molecule has 0 radical (unpaired) electrons. The lowest BCUT2D eigenvalue weighted by Crippen LogP contribution is -1.69. The van der Waals surface area contributed by atoms with Crippen LogP contribution in [0.2, 0.25) is 0 Å².